The van der Waals surface area contributed by atoms with Crippen LogP contribution in [0.4, 0.5) is 4.39 Å². The van der Waals surface area contributed by atoms with Crippen LogP contribution in [0.15, 0.2) is 0 Å². The lowest BCUT2D eigenvalue weighted by Crippen LogP contribution is -2.60. The Hall–Kier alpha value is -2.52. The van der Waals surface area contributed by atoms with E-state index in [9.17, 15) is 24.0 Å². The average molecular weight is 651 g/mol. The number of hydrogen-bond donors (Lipinski definition) is 0. The highest BCUT2D eigenvalue weighted by Gasteiger charge is 2.65. The molecule has 4 fully saturated rings. The molecule has 1 unspecified atom stereocenters. The van der Waals surface area contributed by atoms with E-state index in [0.29, 0.717) is 19.3 Å². The minimum absolute atomic E-state index is 0.0879. The molecule has 4 aliphatic rings. The number of carbonyl (C=O) groups is 5. The van der Waals surface area contributed by atoms with E-state index in [4.69, 9.17) is 18.9 Å². The number of esters is 4. The van der Waals surface area contributed by atoms with Gasteiger partial charge in [-0.25, -0.2) is 4.39 Å². The third-order valence-corrected chi connectivity index (χ3v) is 12.8. The summed E-state index contributed by atoms with van der Waals surface area (Å²) in [7, 11) is 0. The Bertz CT molecular complexity index is 1210. The summed E-state index contributed by atoms with van der Waals surface area (Å²) in [6, 6.07) is 0. The molecule has 4 rings (SSSR count). The standard InChI is InChI=1S/C36H55FO9/c1-18(32(45-22(5)40)33(46-23(6)41)19(2)34(7,8)37)25-11-12-26-24-15-29(42)28-16-30(43-20(3)38)31(44-21(4)39)17-36(28,10)27(24)13-14-35(25,26)9/h18-19,24-28,30-33H,11-17H2,1-10H3/t18-,19+,24-,25+,26-,27-,28?,30-,31+,32+,33+,35+,36+/m0/s1. The molecule has 260 valence electrons. The zero-order valence-electron chi connectivity index (χ0n) is 29.4. The Labute approximate surface area is 273 Å². The lowest BCUT2D eigenvalue weighted by atomic mass is 9.43. The van der Waals surface area contributed by atoms with Gasteiger partial charge in [-0.15, -0.1) is 0 Å². The number of halogens is 1. The number of alkyl halides is 1. The molecule has 0 aromatic heterocycles. The molecule has 4 saturated carbocycles. The number of carbonyl (C=O) groups excluding carboxylic acids is 5. The first-order valence-corrected chi connectivity index (χ1v) is 17.1. The predicted molar refractivity (Wildman–Crippen MR) is 167 cm³/mol. The highest BCUT2D eigenvalue weighted by Crippen LogP contribution is 2.68. The Morgan fingerprint density at radius 3 is 1.89 bits per heavy atom. The van der Waals surface area contributed by atoms with Crippen LogP contribution >= 0.6 is 0 Å². The molecule has 0 aliphatic heterocycles. The molecule has 46 heavy (non-hydrogen) atoms. The topological polar surface area (TPSA) is 122 Å². The van der Waals surface area contributed by atoms with Gasteiger partial charge in [0.15, 0.2) is 0 Å². The number of fused-ring (bicyclic) bond motifs is 5. The predicted octanol–water partition coefficient (Wildman–Crippen LogP) is 6.18. The maximum Gasteiger partial charge on any atom is 0.303 e. The van der Waals surface area contributed by atoms with Crippen LogP contribution in [0.2, 0.25) is 0 Å². The van der Waals surface area contributed by atoms with Crippen LogP contribution in [-0.2, 0) is 42.9 Å². The molecular formula is C36H55FO9. The van der Waals surface area contributed by atoms with Gasteiger partial charge in [0.2, 0.25) is 0 Å². The van der Waals surface area contributed by atoms with Gasteiger partial charge in [-0.2, -0.15) is 0 Å². The minimum atomic E-state index is -1.69. The Kier molecular flexibility index (Phi) is 10.4. The molecule has 9 nitrogen and oxygen atoms in total. The van der Waals surface area contributed by atoms with E-state index in [-0.39, 0.29) is 46.7 Å². The van der Waals surface area contributed by atoms with E-state index < -0.39 is 65.3 Å². The van der Waals surface area contributed by atoms with Gasteiger partial charge in [0.1, 0.15) is 35.9 Å². The van der Waals surface area contributed by atoms with Gasteiger partial charge in [0, 0.05) is 51.9 Å². The van der Waals surface area contributed by atoms with Crippen molar-refractivity contribution in [2.24, 2.45) is 52.3 Å². The Morgan fingerprint density at radius 2 is 1.35 bits per heavy atom. The molecule has 0 spiro atoms. The van der Waals surface area contributed by atoms with Gasteiger partial charge >= 0.3 is 23.9 Å². The van der Waals surface area contributed by atoms with Crippen LogP contribution in [-0.4, -0.2) is 59.7 Å². The molecule has 4 aliphatic carbocycles. The van der Waals surface area contributed by atoms with Crippen molar-refractivity contribution >= 4 is 29.7 Å². The number of Topliss-reactive ketones (excluding diaryl/α,β-unsaturated/α-hetero) is 1. The summed E-state index contributed by atoms with van der Waals surface area (Å²) in [6.45, 7) is 16.3. The van der Waals surface area contributed by atoms with Crippen molar-refractivity contribution in [1.82, 2.24) is 0 Å². The molecule has 0 saturated heterocycles. The summed E-state index contributed by atoms with van der Waals surface area (Å²) >= 11 is 0. The number of rotatable bonds is 9. The maximum atomic E-state index is 15.3. The molecule has 0 heterocycles. The second-order valence-corrected chi connectivity index (χ2v) is 15.9. The fourth-order valence-corrected chi connectivity index (χ4v) is 10.5. The normalized spacial score (nSPS) is 38.2. The first-order chi connectivity index (χ1) is 21.2. The second kappa shape index (κ2) is 13.2. The van der Waals surface area contributed by atoms with Crippen LogP contribution in [0.5, 0.6) is 0 Å². The zero-order chi connectivity index (χ0) is 34.5. The van der Waals surface area contributed by atoms with Crippen molar-refractivity contribution < 1.29 is 47.3 Å². The Morgan fingerprint density at radius 1 is 0.804 bits per heavy atom. The van der Waals surface area contributed by atoms with Crippen molar-refractivity contribution in [2.75, 3.05) is 0 Å². The third kappa shape index (κ3) is 6.87. The van der Waals surface area contributed by atoms with Crippen molar-refractivity contribution in [1.29, 1.82) is 0 Å². The smallest absolute Gasteiger partial charge is 0.303 e. The molecule has 13 atom stereocenters. The summed E-state index contributed by atoms with van der Waals surface area (Å²) in [5.74, 6) is -2.36. The van der Waals surface area contributed by atoms with Crippen molar-refractivity contribution in [2.45, 2.75) is 144 Å². The summed E-state index contributed by atoms with van der Waals surface area (Å²) in [5.41, 5.74) is -2.28. The van der Waals surface area contributed by atoms with Gasteiger partial charge < -0.3 is 18.9 Å². The molecule has 0 radical (unpaired) electrons. The summed E-state index contributed by atoms with van der Waals surface area (Å²) in [5, 5.41) is 0. The van der Waals surface area contributed by atoms with E-state index in [1.54, 1.807) is 6.92 Å². The van der Waals surface area contributed by atoms with Crippen LogP contribution < -0.4 is 0 Å². The quantitative estimate of drug-likeness (QED) is 0.213. The molecule has 0 amide bonds. The van der Waals surface area contributed by atoms with E-state index in [2.05, 4.69) is 13.8 Å². The molecule has 0 aromatic carbocycles. The van der Waals surface area contributed by atoms with Gasteiger partial charge in [-0.05, 0) is 86.9 Å². The van der Waals surface area contributed by atoms with Crippen LogP contribution in [0.25, 0.3) is 0 Å². The van der Waals surface area contributed by atoms with E-state index in [1.165, 1.54) is 41.5 Å². The Balaban J connectivity index is 1.64. The molecule has 0 bridgehead atoms. The highest BCUT2D eigenvalue weighted by molar-refractivity contribution is 5.83. The summed E-state index contributed by atoms with van der Waals surface area (Å²) in [4.78, 5) is 62.6. The fourth-order valence-electron chi connectivity index (χ4n) is 10.5. The number of hydrogen-bond acceptors (Lipinski definition) is 9. The monoisotopic (exact) mass is 650 g/mol. The first kappa shape index (κ1) is 36.3. The lowest BCUT2D eigenvalue weighted by Gasteiger charge is -2.61. The van der Waals surface area contributed by atoms with Crippen molar-refractivity contribution in [3.05, 3.63) is 0 Å². The fraction of sp³-hybridized carbons (Fsp3) is 0.861. The van der Waals surface area contributed by atoms with Crippen molar-refractivity contribution in [3.8, 4) is 0 Å². The highest BCUT2D eigenvalue weighted by atomic mass is 19.1. The largest absolute Gasteiger partial charge is 0.459 e. The summed E-state index contributed by atoms with van der Waals surface area (Å²) < 4.78 is 38.2. The second-order valence-electron chi connectivity index (χ2n) is 15.9. The van der Waals surface area contributed by atoms with E-state index in [0.717, 1.165) is 25.7 Å². The molecule has 10 heteroatoms. The average Bonchev–Trinajstić information content (AvgIpc) is 3.27. The first-order valence-electron chi connectivity index (χ1n) is 17.1. The van der Waals surface area contributed by atoms with E-state index >= 15 is 4.39 Å². The van der Waals surface area contributed by atoms with Gasteiger partial charge in [0.05, 0.1) is 0 Å². The van der Waals surface area contributed by atoms with Crippen molar-refractivity contribution in [3.63, 3.8) is 0 Å². The van der Waals surface area contributed by atoms with Crippen LogP contribution in [0.1, 0.15) is 114 Å². The van der Waals surface area contributed by atoms with E-state index in [1.807, 2.05) is 6.92 Å². The molecular weight excluding hydrogens is 595 g/mol. The van der Waals surface area contributed by atoms with Gasteiger partial charge in [0.25, 0.3) is 0 Å². The van der Waals surface area contributed by atoms with Gasteiger partial charge in [-0.3, -0.25) is 24.0 Å². The number of ether oxygens (including phenoxy) is 4. The van der Waals surface area contributed by atoms with Gasteiger partial charge in [-0.1, -0.05) is 27.7 Å². The lowest BCUT2D eigenvalue weighted by molar-refractivity contribution is -0.197. The van der Waals surface area contributed by atoms with Crippen LogP contribution in [0, 0.1) is 52.3 Å². The van der Waals surface area contributed by atoms with Crippen LogP contribution in [0.3, 0.4) is 0 Å². The number of ketones is 1. The zero-order valence-corrected chi connectivity index (χ0v) is 29.4. The molecule has 0 N–H and O–H groups in total. The minimum Gasteiger partial charge on any atom is -0.459 e. The maximum absolute atomic E-state index is 15.3. The summed E-state index contributed by atoms with van der Waals surface area (Å²) in [6.07, 6.45) is 1.74. The third-order valence-electron chi connectivity index (χ3n) is 12.8. The molecule has 0 aromatic rings. The SMILES string of the molecule is CC(=O)O[C@H]([C@@H](C)[C@H]1CC[C@H]2[C@@H]3CC(=O)C4C[C@H](OC(C)=O)[C@H](OC(C)=O)C[C@]4(C)[C@H]3CC[C@]12C)[C@H](OC(C)=O)[C@@H](C)C(C)(C)F.